The Morgan fingerprint density at radius 1 is 1.21 bits per heavy atom. The molecule has 0 bridgehead atoms. The Bertz CT molecular complexity index is 622. The van der Waals surface area contributed by atoms with Gasteiger partial charge < -0.3 is 9.84 Å². The highest BCUT2D eigenvalue weighted by Crippen LogP contribution is 2.26. The van der Waals surface area contributed by atoms with Gasteiger partial charge in [0.2, 0.25) is 0 Å². The normalized spacial score (nSPS) is 23.7. The van der Waals surface area contributed by atoms with E-state index in [0.717, 1.165) is 42.1 Å². The van der Waals surface area contributed by atoms with Crippen molar-refractivity contribution in [3.63, 3.8) is 0 Å². The molecule has 2 aliphatic heterocycles. The van der Waals surface area contributed by atoms with Gasteiger partial charge in [0.1, 0.15) is 5.69 Å². The van der Waals surface area contributed by atoms with E-state index in [1.165, 1.54) is 32.4 Å². The Balaban J connectivity index is 0.00000104. The molecule has 0 saturated carbocycles. The van der Waals surface area contributed by atoms with Gasteiger partial charge in [-0.1, -0.05) is 5.16 Å². The minimum Gasteiger partial charge on any atom is -0.359 e. The summed E-state index contributed by atoms with van der Waals surface area (Å²) in [6, 6.07) is 6.70. The van der Waals surface area contributed by atoms with Crippen molar-refractivity contribution in [2.24, 2.45) is 5.92 Å². The van der Waals surface area contributed by atoms with E-state index >= 15 is 0 Å². The second kappa shape index (κ2) is 8.81. The lowest BCUT2D eigenvalue weighted by molar-refractivity contribution is 0.101. The number of nitrogens with zero attached hydrogens (tertiary/aromatic N) is 3. The Hall–Kier alpha value is -1.14. The minimum atomic E-state index is 0. The van der Waals surface area contributed by atoms with Crippen molar-refractivity contribution in [2.75, 3.05) is 19.6 Å². The number of piperidine rings is 2. The molecule has 4 rings (SSSR count). The molecule has 0 radical (unpaired) electrons. The standard InChI is InChI=1S/C17H22N4O.2ClH/c1-2-14-11-21(9-5-16(14)19-6-1)12-15-10-17(20-22-15)13-3-7-18-8-4-13;;/h3-4,7-8,10,14,16,19H,1-2,5-6,9,11-12H2;2*1H/t14-,16+;;/m1../s1. The summed E-state index contributed by atoms with van der Waals surface area (Å²) in [5.74, 6) is 1.75. The number of hydrogen-bond acceptors (Lipinski definition) is 5. The lowest BCUT2D eigenvalue weighted by atomic mass is 9.85. The molecule has 2 saturated heterocycles. The Labute approximate surface area is 155 Å². The molecule has 2 atom stereocenters. The summed E-state index contributed by atoms with van der Waals surface area (Å²) in [5, 5.41) is 7.85. The summed E-state index contributed by atoms with van der Waals surface area (Å²) in [6.45, 7) is 4.36. The molecule has 0 unspecified atom stereocenters. The first-order chi connectivity index (χ1) is 10.9. The zero-order chi connectivity index (χ0) is 14.8. The van der Waals surface area contributed by atoms with E-state index in [2.05, 4.69) is 26.4 Å². The van der Waals surface area contributed by atoms with Crippen LogP contribution in [0.25, 0.3) is 11.3 Å². The lowest BCUT2D eigenvalue weighted by Gasteiger charge is -2.41. The second-order valence-corrected chi connectivity index (χ2v) is 6.40. The number of aromatic nitrogens is 2. The summed E-state index contributed by atoms with van der Waals surface area (Å²) in [5.41, 5.74) is 1.95. The highest BCUT2D eigenvalue weighted by Gasteiger charge is 2.31. The number of hydrogen-bond donors (Lipinski definition) is 1. The fourth-order valence-electron chi connectivity index (χ4n) is 3.73. The highest BCUT2D eigenvalue weighted by atomic mass is 35.5. The minimum absolute atomic E-state index is 0. The number of fused-ring (bicyclic) bond motifs is 1. The molecule has 5 nitrogen and oxygen atoms in total. The van der Waals surface area contributed by atoms with Crippen LogP contribution in [-0.4, -0.2) is 40.7 Å². The number of rotatable bonds is 3. The number of pyridine rings is 1. The quantitative estimate of drug-likeness (QED) is 0.898. The van der Waals surface area contributed by atoms with Crippen LogP contribution < -0.4 is 5.32 Å². The van der Waals surface area contributed by atoms with Crippen molar-refractivity contribution < 1.29 is 4.52 Å². The molecule has 0 spiro atoms. The van der Waals surface area contributed by atoms with Gasteiger partial charge in [0.25, 0.3) is 0 Å². The van der Waals surface area contributed by atoms with Crippen molar-refractivity contribution in [2.45, 2.75) is 31.8 Å². The van der Waals surface area contributed by atoms with Gasteiger partial charge in [-0.25, -0.2) is 0 Å². The largest absolute Gasteiger partial charge is 0.359 e. The van der Waals surface area contributed by atoms with Gasteiger partial charge in [-0.15, -0.1) is 24.8 Å². The van der Waals surface area contributed by atoms with Gasteiger partial charge in [-0.05, 0) is 43.9 Å². The monoisotopic (exact) mass is 370 g/mol. The number of likely N-dealkylation sites (tertiary alicyclic amines) is 1. The first-order valence-electron chi connectivity index (χ1n) is 8.20. The highest BCUT2D eigenvalue weighted by molar-refractivity contribution is 5.85. The molecule has 2 aromatic heterocycles. The summed E-state index contributed by atoms with van der Waals surface area (Å²) in [4.78, 5) is 6.54. The predicted octanol–water partition coefficient (Wildman–Crippen LogP) is 3.15. The Morgan fingerprint density at radius 2 is 2.04 bits per heavy atom. The number of nitrogens with one attached hydrogen (secondary N) is 1. The average molecular weight is 371 g/mol. The van der Waals surface area contributed by atoms with E-state index in [4.69, 9.17) is 4.52 Å². The van der Waals surface area contributed by atoms with Gasteiger partial charge >= 0.3 is 0 Å². The van der Waals surface area contributed by atoms with Crippen molar-refractivity contribution in [3.8, 4) is 11.3 Å². The lowest BCUT2D eigenvalue weighted by Crippen LogP contribution is -2.51. The average Bonchev–Trinajstić information content (AvgIpc) is 3.04. The van der Waals surface area contributed by atoms with Gasteiger partial charge in [0, 0.05) is 43.2 Å². The summed E-state index contributed by atoms with van der Waals surface area (Å²) in [6.07, 6.45) is 7.47. The molecule has 4 heterocycles. The SMILES string of the molecule is Cl.Cl.c1cc(-c2cc(CN3CC[C@@H]4NCCC[C@@H]4C3)on2)ccn1. The maximum atomic E-state index is 5.53. The van der Waals surface area contributed by atoms with Crippen LogP contribution in [0.15, 0.2) is 35.1 Å². The maximum Gasteiger partial charge on any atom is 0.151 e. The molecule has 0 amide bonds. The van der Waals surface area contributed by atoms with Crippen molar-refractivity contribution in [1.82, 2.24) is 20.4 Å². The van der Waals surface area contributed by atoms with Crippen LogP contribution in [-0.2, 0) is 6.54 Å². The van der Waals surface area contributed by atoms with Crippen molar-refractivity contribution in [1.29, 1.82) is 0 Å². The van der Waals surface area contributed by atoms with E-state index in [-0.39, 0.29) is 24.8 Å². The smallest absolute Gasteiger partial charge is 0.151 e. The summed E-state index contributed by atoms with van der Waals surface area (Å²) >= 11 is 0. The molecular weight excluding hydrogens is 347 g/mol. The fourth-order valence-corrected chi connectivity index (χ4v) is 3.73. The van der Waals surface area contributed by atoms with Gasteiger partial charge in [-0.2, -0.15) is 0 Å². The van der Waals surface area contributed by atoms with E-state index in [1.807, 2.05) is 12.1 Å². The molecule has 2 aliphatic rings. The zero-order valence-corrected chi connectivity index (χ0v) is 15.2. The molecule has 7 heteroatoms. The fraction of sp³-hybridized carbons (Fsp3) is 0.529. The third kappa shape index (κ3) is 4.28. The van der Waals surface area contributed by atoms with Crippen molar-refractivity contribution >= 4 is 24.8 Å². The van der Waals surface area contributed by atoms with E-state index in [0.29, 0.717) is 0 Å². The van der Waals surface area contributed by atoms with E-state index in [9.17, 15) is 0 Å². The van der Waals surface area contributed by atoms with E-state index in [1.54, 1.807) is 12.4 Å². The molecular formula is C17H24Cl2N4O. The molecule has 0 aromatic carbocycles. The van der Waals surface area contributed by atoms with Gasteiger partial charge in [-0.3, -0.25) is 9.88 Å². The third-order valence-corrected chi connectivity index (χ3v) is 4.89. The zero-order valence-electron chi connectivity index (χ0n) is 13.6. The second-order valence-electron chi connectivity index (χ2n) is 6.40. The van der Waals surface area contributed by atoms with Crippen LogP contribution in [0.1, 0.15) is 25.0 Å². The molecule has 2 fully saturated rings. The van der Waals surface area contributed by atoms with Crippen LogP contribution >= 0.6 is 24.8 Å². The number of halogens is 2. The maximum absolute atomic E-state index is 5.53. The molecule has 1 N–H and O–H groups in total. The molecule has 132 valence electrons. The molecule has 0 aliphatic carbocycles. The third-order valence-electron chi connectivity index (χ3n) is 4.89. The van der Waals surface area contributed by atoms with Crippen molar-refractivity contribution in [3.05, 3.63) is 36.4 Å². The Morgan fingerprint density at radius 3 is 2.88 bits per heavy atom. The Kier molecular flexibility index (Phi) is 7.04. The van der Waals surface area contributed by atoms with Crippen LogP contribution in [0.5, 0.6) is 0 Å². The van der Waals surface area contributed by atoms with Gasteiger partial charge in [0.15, 0.2) is 5.76 Å². The first-order valence-corrected chi connectivity index (χ1v) is 8.20. The summed E-state index contributed by atoms with van der Waals surface area (Å²) < 4.78 is 5.53. The first kappa shape index (κ1) is 19.2. The van der Waals surface area contributed by atoms with Gasteiger partial charge in [0.05, 0.1) is 6.54 Å². The topological polar surface area (TPSA) is 54.2 Å². The molecule has 24 heavy (non-hydrogen) atoms. The summed E-state index contributed by atoms with van der Waals surface area (Å²) in [7, 11) is 0. The molecule has 2 aromatic rings. The van der Waals surface area contributed by atoms with Crippen LogP contribution in [0, 0.1) is 5.92 Å². The van der Waals surface area contributed by atoms with E-state index < -0.39 is 0 Å². The van der Waals surface area contributed by atoms with Crippen LogP contribution in [0.3, 0.4) is 0 Å². The van der Waals surface area contributed by atoms with Crippen LogP contribution in [0.4, 0.5) is 0 Å². The predicted molar refractivity (Wildman–Crippen MR) is 98.6 cm³/mol. The van der Waals surface area contributed by atoms with Crippen LogP contribution in [0.2, 0.25) is 0 Å².